The number of nitrogens with zero attached hydrogens (tertiary/aromatic N) is 2. The number of benzene rings is 1. The first-order chi connectivity index (χ1) is 7.61. The summed E-state index contributed by atoms with van der Waals surface area (Å²) in [4.78, 5) is 15.0. The Bertz CT molecular complexity index is 548. The Hall–Kier alpha value is -1.91. The number of aliphatic carboxylic acids is 1. The van der Waals surface area contributed by atoms with Crippen molar-refractivity contribution in [3.63, 3.8) is 0 Å². The predicted octanol–water partition coefficient (Wildman–Crippen LogP) is 1.82. The maximum atomic E-state index is 13.1. The standard InChI is InChI=1S/C11H11FN2O2/c1-2-10-13-8-4-3-7(12)5-9(8)14(10)6-11(15)16/h3-5H,2,6H2,1H3,(H,15,16). The summed E-state index contributed by atoms with van der Waals surface area (Å²) >= 11 is 0. The first-order valence-electron chi connectivity index (χ1n) is 4.98. The van der Waals surface area contributed by atoms with Gasteiger partial charge in [-0.1, -0.05) is 6.92 Å². The normalized spacial score (nSPS) is 10.9. The van der Waals surface area contributed by atoms with Crippen LogP contribution in [0.25, 0.3) is 11.0 Å². The van der Waals surface area contributed by atoms with Gasteiger partial charge in [0.25, 0.3) is 0 Å². The van der Waals surface area contributed by atoms with Crippen LogP contribution in [0.1, 0.15) is 12.7 Å². The van der Waals surface area contributed by atoms with Crippen molar-refractivity contribution < 1.29 is 14.3 Å². The fourth-order valence-electron chi connectivity index (χ4n) is 1.73. The summed E-state index contributed by atoms with van der Waals surface area (Å²) in [5.74, 6) is -0.692. The molecule has 0 saturated carbocycles. The smallest absolute Gasteiger partial charge is 0.323 e. The molecule has 0 fully saturated rings. The van der Waals surface area contributed by atoms with E-state index in [-0.39, 0.29) is 12.4 Å². The second kappa shape index (κ2) is 3.92. The molecule has 0 aliphatic heterocycles. The second-order valence-electron chi connectivity index (χ2n) is 3.49. The van der Waals surface area contributed by atoms with Crippen molar-refractivity contribution in [3.8, 4) is 0 Å². The highest BCUT2D eigenvalue weighted by molar-refractivity contribution is 5.78. The molecule has 0 aliphatic rings. The number of halogens is 1. The van der Waals surface area contributed by atoms with Crippen molar-refractivity contribution >= 4 is 17.0 Å². The number of fused-ring (bicyclic) bond motifs is 1. The van der Waals surface area contributed by atoms with Gasteiger partial charge in [-0.15, -0.1) is 0 Å². The van der Waals surface area contributed by atoms with Crippen LogP contribution in [0.3, 0.4) is 0 Å². The maximum absolute atomic E-state index is 13.1. The molecule has 84 valence electrons. The van der Waals surface area contributed by atoms with E-state index < -0.39 is 5.97 Å². The van der Waals surface area contributed by atoms with E-state index in [1.165, 1.54) is 16.7 Å². The molecule has 0 bridgehead atoms. The monoisotopic (exact) mass is 222 g/mol. The lowest BCUT2D eigenvalue weighted by molar-refractivity contribution is -0.137. The van der Waals surface area contributed by atoms with E-state index in [1.807, 2.05) is 6.92 Å². The zero-order valence-corrected chi connectivity index (χ0v) is 8.77. The molecule has 1 heterocycles. The minimum atomic E-state index is -0.960. The van der Waals surface area contributed by atoms with E-state index >= 15 is 0 Å². The summed E-state index contributed by atoms with van der Waals surface area (Å²) in [5, 5.41) is 8.79. The number of carbonyl (C=O) groups is 1. The van der Waals surface area contributed by atoms with Gasteiger partial charge >= 0.3 is 5.97 Å². The fourth-order valence-corrected chi connectivity index (χ4v) is 1.73. The zero-order valence-electron chi connectivity index (χ0n) is 8.77. The topological polar surface area (TPSA) is 55.1 Å². The van der Waals surface area contributed by atoms with Gasteiger partial charge in [0.05, 0.1) is 11.0 Å². The van der Waals surface area contributed by atoms with Gasteiger partial charge in [-0.3, -0.25) is 4.79 Å². The van der Waals surface area contributed by atoms with Crippen molar-refractivity contribution in [3.05, 3.63) is 29.8 Å². The van der Waals surface area contributed by atoms with Crippen LogP contribution in [0.15, 0.2) is 18.2 Å². The van der Waals surface area contributed by atoms with Gasteiger partial charge in [0.15, 0.2) is 0 Å². The van der Waals surface area contributed by atoms with Crippen molar-refractivity contribution in [1.82, 2.24) is 9.55 Å². The molecule has 0 aliphatic carbocycles. The van der Waals surface area contributed by atoms with Gasteiger partial charge in [-0.05, 0) is 18.2 Å². The first kappa shape index (κ1) is 10.6. The van der Waals surface area contributed by atoms with Gasteiger partial charge in [-0.25, -0.2) is 9.37 Å². The first-order valence-corrected chi connectivity index (χ1v) is 4.98. The minimum absolute atomic E-state index is 0.191. The Morgan fingerprint density at radius 3 is 2.94 bits per heavy atom. The third-order valence-corrected chi connectivity index (χ3v) is 2.40. The van der Waals surface area contributed by atoms with E-state index in [1.54, 1.807) is 6.07 Å². The summed E-state index contributed by atoms with van der Waals surface area (Å²) in [6.07, 6.45) is 0.615. The van der Waals surface area contributed by atoms with Crippen LogP contribution in [-0.4, -0.2) is 20.6 Å². The molecule has 2 rings (SSSR count). The average Bonchev–Trinajstić information content (AvgIpc) is 2.56. The highest BCUT2D eigenvalue weighted by Crippen LogP contribution is 2.17. The summed E-state index contributed by atoms with van der Waals surface area (Å²) in [6.45, 7) is 1.69. The van der Waals surface area contributed by atoms with Crippen LogP contribution in [0.2, 0.25) is 0 Å². The zero-order chi connectivity index (χ0) is 11.7. The van der Waals surface area contributed by atoms with Crippen LogP contribution in [0, 0.1) is 5.82 Å². The highest BCUT2D eigenvalue weighted by atomic mass is 19.1. The number of aryl methyl sites for hydroxylation is 1. The third-order valence-electron chi connectivity index (χ3n) is 2.40. The summed E-state index contributed by atoms with van der Waals surface area (Å²) in [5.41, 5.74) is 1.15. The number of carboxylic acid groups (broad SMARTS) is 1. The van der Waals surface area contributed by atoms with Crippen LogP contribution >= 0.6 is 0 Å². The lowest BCUT2D eigenvalue weighted by Crippen LogP contribution is -2.11. The molecule has 1 N–H and O–H groups in total. The van der Waals surface area contributed by atoms with Gasteiger partial charge in [0, 0.05) is 6.42 Å². The lowest BCUT2D eigenvalue weighted by Gasteiger charge is -2.03. The Morgan fingerprint density at radius 1 is 1.56 bits per heavy atom. The SMILES string of the molecule is CCc1nc2ccc(F)cc2n1CC(=O)O. The number of aromatic nitrogens is 2. The van der Waals surface area contributed by atoms with Crippen molar-refractivity contribution in [2.24, 2.45) is 0 Å². The third kappa shape index (κ3) is 1.76. The number of carboxylic acids is 1. The molecule has 16 heavy (non-hydrogen) atoms. The highest BCUT2D eigenvalue weighted by Gasteiger charge is 2.12. The van der Waals surface area contributed by atoms with Crippen LogP contribution in [0.5, 0.6) is 0 Å². The maximum Gasteiger partial charge on any atom is 0.323 e. The molecule has 2 aromatic rings. The Balaban J connectivity index is 2.65. The summed E-state index contributed by atoms with van der Waals surface area (Å²) in [6, 6.07) is 4.19. The Labute approximate surface area is 91.3 Å². The largest absolute Gasteiger partial charge is 0.480 e. The quantitative estimate of drug-likeness (QED) is 0.861. The average molecular weight is 222 g/mol. The molecule has 0 saturated heterocycles. The number of hydrogen-bond acceptors (Lipinski definition) is 2. The number of hydrogen-bond donors (Lipinski definition) is 1. The number of rotatable bonds is 3. The van der Waals surface area contributed by atoms with Crippen LogP contribution in [0.4, 0.5) is 4.39 Å². The fraction of sp³-hybridized carbons (Fsp3) is 0.273. The van der Waals surface area contributed by atoms with Gasteiger partial charge in [0.1, 0.15) is 18.2 Å². The molecule has 0 amide bonds. The lowest BCUT2D eigenvalue weighted by atomic mass is 10.3. The Kier molecular flexibility index (Phi) is 2.60. The second-order valence-corrected chi connectivity index (χ2v) is 3.49. The minimum Gasteiger partial charge on any atom is -0.480 e. The van der Waals surface area contributed by atoms with E-state index in [0.29, 0.717) is 23.3 Å². The molecule has 0 radical (unpaired) electrons. The van der Waals surface area contributed by atoms with Crippen LogP contribution in [-0.2, 0) is 17.8 Å². The van der Waals surface area contributed by atoms with Crippen molar-refractivity contribution in [2.45, 2.75) is 19.9 Å². The molecule has 0 atom stereocenters. The molecule has 1 aromatic heterocycles. The Morgan fingerprint density at radius 2 is 2.31 bits per heavy atom. The van der Waals surface area contributed by atoms with E-state index in [2.05, 4.69) is 4.98 Å². The molecule has 4 nitrogen and oxygen atoms in total. The van der Waals surface area contributed by atoms with Crippen LogP contribution < -0.4 is 0 Å². The van der Waals surface area contributed by atoms with Crippen molar-refractivity contribution in [2.75, 3.05) is 0 Å². The summed E-state index contributed by atoms with van der Waals surface area (Å²) in [7, 11) is 0. The molecule has 1 aromatic carbocycles. The van der Waals surface area contributed by atoms with Gasteiger partial charge in [-0.2, -0.15) is 0 Å². The van der Waals surface area contributed by atoms with E-state index in [0.717, 1.165) is 0 Å². The predicted molar refractivity (Wildman–Crippen MR) is 56.7 cm³/mol. The summed E-state index contributed by atoms with van der Waals surface area (Å²) < 4.78 is 14.6. The number of imidazole rings is 1. The molecule has 0 spiro atoms. The molecule has 5 heteroatoms. The molecule has 0 unspecified atom stereocenters. The molecular weight excluding hydrogens is 211 g/mol. The van der Waals surface area contributed by atoms with E-state index in [9.17, 15) is 9.18 Å². The molecular formula is C11H11FN2O2. The van der Waals surface area contributed by atoms with Gasteiger partial charge < -0.3 is 9.67 Å². The van der Waals surface area contributed by atoms with Gasteiger partial charge in [0.2, 0.25) is 0 Å². The van der Waals surface area contributed by atoms with Crippen molar-refractivity contribution in [1.29, 1.82) is 0 Å². The van der Waals surface area contributed by atoms with E-state index in [4.69, 9.17) is 5.11 Å².